The van der Waals surface area contributed by atoms with Crippen LogP contribution >= 0.6 is 12.1 Å². The Balaban J connectivity index is 2.01. The van der Waals surface area contributed by atoms with E-state index in [0.29, 0.717) is 40.0 Å². The highest BCUT2D eigenvalue weighted by atomic mass is 32.2. The summed E-state index contributed by atoms with van der Waals surface area (Å²) in [7, 11) is 0. The van der Waals surface area contributed by atoms with Gasteiger partial charge in [0.05, 0.1) is 23.5 Å². The second kappa shape index (κ2) is 5.08. The van der Waals surface area contributed by atoms with Gasteiger partial charge in [-0.15, -0.1) is 3.77 Å². The van der Waals surface area contributed by atoms with Gasteiger partial charge in [-0.25, -0.2) is 4.72 Å². The Hall–Kier alpha value is -1.84. The van der Waals surface area contributed by atoms with Gasteiger partial charge in [0.15, 0.2) is 0 Å². The van der Waals surface area contributed by atoms with Crippen LogP contribution in [0.4, 0.5) is 13.2 Å². The molecule has 1 aliphatic heterocycles. The van der Waals surface area contributed by atoms with E-state index in [0.717, 1.165) is 5.39 Å². The quantitative estimate of drug-likeness (QED) is 0.631. The van der Waals surface area contributed by atoms with E-state index in [2.05, 4.69) is 12.9 Å². The smallest absolute Gasteiger partial charge is 0.433 e. The number of para-hydroxylation sites is 1. The standard InChI is InChI=1S/C14H8F3N3OS2/c15-14(16,17)13(18-22-20-23-19-13)8-5-6-12-10(7-8)9-3-1-2-4-11(9)21-12/h1-7,18H. The normalized spacial score (nSPS) is 21.7. The maximum Gasteiger partial charge on any atom is 0.433 e. The van der Waals surface area contributed by atoms with Gasteiger partial charge in [-0.1, -0.05) is 24.3 Å². The van der Waals surface area contributed by atoms with Crippen LogP contribution in [0.1, 0.15) is 5.56 Å². The Bertz CT molecular complexity index is 978. The van der Waals surface area contributed by atoms with Crippen molar-refractivity contribution in [3.63, 3.8) is 0 Å². The molecule has 0 bridgehead atoms. The van der Waals surface area contributed by atoms with Gasteiger partial charge in [0.25, 0.3) is 5.66 Å². The molecule has 1 aliphatic rings. The maximum absolute atomic E-state index is 13.7. The molecule has 118 valence electrons. The Morgan fingerprint density at radius 3 is 2.57 bits per heavy atom. The molecule has 0 saturated carbocycles. The Labute approximate surface area is 136 Å². The third-order valence-corrected chi connectivity index (χ3v) is 4.95. The Kier molecular flexibility index (Phi) is 3.26. The second-order valence-electron chi connectivity index (χ2n) is 4.96. The summed E-state index contributed by atoms with van der Waals surface area (Å²) < 4.78 is 56.3. The summed E-state index contributed by atoms with van der Waals surface area (Å²) >= 11 is 1.18. The minimum atomic E-state index is -4.60. The predicted octanol–water partition coefficient (Wildman–Crippen LogP) is 4.92. The van der Waals surface area contributed by atoms with Crippen LogP contribution in [-0.2, 0) is 17.0 Å². The van der Waals surface area contributed by atoms with Crippen LogP contribution in [0.5, 0.6) is 0 Å². The van der Waals surface area contributed by atoms with Crippen molar-refractivity contribution in [2.45, 2.75) is 11.8 Å². The molecule has 3 aromatic rings. The molecular formula is C14H8F3N3OS2. The van der Waals surface area contributed by atoms with Gasteiger partial charge in [0.1, 0.15) is 11.2 Å². The summed E-state index contributed by atoms with van der Waals surface area (Å²) in [6.07, 6.45) is -4.60. The predicted molar refractivity (Wildman–Crippen MR) is 84.4 cm³/mol. The molecule has 23 heavy (non-hydrogen) atoms. The first-order valence-electron chi connectivity index (χ1n) is 6.52. The number of nitrogens with one attached hydrogen (secondary N) is 1. The number of furan rings is 1. The molecule has 4 nitrogen and oxygen atoms in total. The summed E-state index contributed by atoms with van der Waals surface area (Å²) in [4.78, 5) is 0. The molecule has 0 aliphatic carbocycles. The van der Waals surface area contributed by atoms with Crippen molar-refractivity contribution in [2.24, 2.45) is 8.13 Å². The molecule has 0 fully saturated rings. The van der Waals surface area contributed by atoms with Gasteiger partial charge in [0.2, 0.25) is 0 Å². The maximum atomic E-state index is 13.7. The number of rotatable bonds is 1. The lowest BCUT2D eigenvalue weighted by Crippen LogP contribution is -2.50. The summed E-state index contributed by atoms with van der Waals surface area (Å²) in [5.41, 5.74) is -1.34. The lowest BCUT2D eigenvalue weighted by Gasteiger charge is -2.31. The van der Waals surface area contributed by atoms with Crippen molar-refractivity contribution in [1.29, 1.82) is 0 Å². The SMILES string of the molecule is FC(F)(F)C1(c2ccc3oc4ccccc4c3c2)N=S=NSN1. The zero-order chi connectivity index (χ0) is 16.1. The third kappa shape index (κ3) is 2.19. The molecule has 0 spiro atoms. The molecule has 1 atom stereocenters. The first kappa shape index (κ1) is 14.7. The second-order valence-corrected chi connectivity index (χ2v) is 6.29. The van der Waals surface area contributed by atoms with Crippen LogP contribution in [0.15, 0.2) is 55.0 Å². The van der Waals surface area contributed by atoms with Crippen LogP contribution < -0.4 is 4.72 Å². The van der Waals surface area contributed by atoms with Crippen LogP contribution in [0.3, 0.4) is 0 Å². The van der Waals surface area contributed by atoms with Crippen molar-refractivity contribution in [2.75, 3.05) is 0 Å². The first-order chi connectivity index (χ1) is 11.0. The minimum Gasteiger partial charge on any atom is -0.456 e. The zero-order valence-electron chi connectivity index (χ0n) is 11.3. The molecule has 2 heterocycles. The Morgan fingerprint density at radius 2 is 1.83 bits per heavy atom. The molecule has 2 aromatic carbocycles. The number of fused-ring (bicyclic) bond motifs is 3. The van der Waals surface area contributed by atoms with Crippen LogP contribution in [0, 0.1) is 0 Å². The van der Waals surface area contributed by atoms with E-state index >= 15 is 0 Å². The lowest BCUT2D eigenvalue weighted by atomic mass is 9.98. The van der Waals surface area contributed by atoms with Crippen molar-refractivity contribution in [3.8, 4) is 0 Å². The van der Waals surface area contributed by atoms with Crippen molar-refractivity contribution in [1.82, 2.24) is 4.72 Å². The third-order valence-electron chi connectivity index (χ3n) is 3.65. The van der Waals surface area contributed by atoms with Gasteiger partial charge in [-0.05, 0) is 18.2 Å². The fraction of sp³-hybridized carbons (Fsp3) is 0.143. The average molecular weight is 355 g/mol. The number of benzene rings is 2. The van der Waals surface area contributed by atoms with Gasteiger partial charge in [-0.2, -0.15) is 17.5 Å². The molecule has 9 heteroatoms. The Morgan fingerprint density at radius 1 is 1.04 bits per heavy atom. The van der Waals surface area contributed by atoms with Gasteiger partial charge < -0.3 is 4.42 Å². The molecule has 0 amide bonds. The highest BCUT2D eigenvalue weighted by molar-refractivity contribution is 7.99. The van der Waals surface area contributed by atoms with Crippen molar-refractivity contribution >= 4 is 45.4 Å². The molecule has 0 saturated heterocycles. The van der Waals surface area contributed by atoms with E-state index in [1.165, 1.54) is 18.2 Å². The van der Waals surface area contributed by atoms with Crippen LogP contribution in [0.25, 0.3) is 21.9 Å². The number of nitrogens with zero attached hydrogens (tertiary/aromatic N) is 2. The van der Waals surface area contributed by atoms with E-state index in [1.54, 1.807) is 6.07 Å². The van der Waals surface area contributed by atoms with Crippen molar-refractivity contribution < 1.29 is 17.6 Å². The number of hydrogen-bond acceptors (Lipinski definition) is 5. The van der Waals surface area contributed by atoms with Crippen molar-refractivity contribution in [3.05, 3.63) is 48.0 Å². The highest BCUT2D eigenvalue weighted by Gasteiger charge is 2.58. The van der Waals surface area contributed by atoms with Gasteiger partial charge in [0, 0.05) is 16.3 Å². The highest BCUT2D eigenvalue weighted by Crippen LogP contribution is 2.44. The largest absolute Gasteiger partial charge is 0.456 e. The molecule has 4 rings (SSSR count). The molecule has 1 aromatic heterocycles. The van der Waals surface area contributed by atoms with E-state index in [-0.39, 0.29) is 5.56 Å². The fourth-order valence-corrected chi connectivity index (χ4v) is 3.80. The average Bonchev–Trinajstić information content (AvgIpc) is 2.92. The molecule has 0 radical (unpaired) electrons. The molecule has 1 N–H and O–H groups in total. The lowest BCUT2D eigenvalue weighted by molar-refractivity contribution is -0.191. The number of halogens is 3. The minimum absolute atomic E-state index is 0.000969. The number of alkyl halides is 3. The summed E-state index contributed by atoms with van der Waals surface area (Å²) in [6.45, 7) is 0. The van der Waals surface area contributed by atoms with Crippen LogP contribution in [-0.4, -0.2) is 6.18 Å². The molecular weight excluding hydrogens is 347 g/mol. The number of hydrogen-bond donors (Lipinski definition) is 1. The van der Waals surface area contributed by atoms with Gasteiger partial charge in [-0.3, -0.25) is 0 Å². The van der Waals surface area contributed by atoms with E-state index in [9.17, 15) is 13.2 Å². The van der Waals surface area contributed by atoms with E-state index in [4.69, 9.17) is 4.42 Å². The van der Waals surface area contributed by atoms with E-state index < -0.39 is 11.8 Å². The monoisotopic (exact) mass is 355 g/mol. The zero-order valence-corrected chi connectivity index (χ0v) is 12.9. The summed E-state index contributed by atoms with van der Waals surface area (Å²) in [6, 6.07) is 11.6. The first-order valence-corrected chi connectivity index (χ1v) is 8.02. The summed E-state index contributed by atoms with van der Waals surface area (Å²) in [5, 5.41) is 1.39. The summed E-state index contributed by atoms with van der Waals surface area (Å²) in [5.74, 6) is 0. The fourth-order valence-electron chi connectivity index (χ4n) is 2.53. The molecule has 1 unspecified atom stereocenters. The van der Waals surface area contributed by atoms with E-state index in [1.807, 2.05) is 18.2 Å². The topological polar surface area (TPSA) is 49.9 Å². The van der Waals surface area contributed by atoms with Crippen LogP contribution in [0.2, 0.25) is 0 Å². The van der Waals surface area contributed by atoms with Gasteiger partial charge >= 0.3 is 6.18 Å².